The van der Waals surface area contributed by atoms with Crippen LogP contribution >= 0.6 is 11.6 Å². The number of nitrogens with one attached hydrogen (secondary N) is 1. The first-order chi connectivity index (χ1) is 12.1. The number of benzene rings is 1. The van der Waals surface area contributed by atoms with Crippen LogP contribution in [0.3, 0.4) is 0 Å². The zero-order chi connectivity index (χ0) is 17.6. The molecule has 1 N–H and O–H groups in total. The fraction of sp³-hybridized carbons (Fsp3) is 0.368. The summed E-state index contributed by atoms with van der Waals surface area (Å²) in [4.78, 5) is 19.0. The molecule has 6 heteroatoms. The fourth-order valence-electron chi connectivity index (χ4n) is 3.15. The lowest BCUT2D eigenvalue weighted by Crippen LogP contribution is -2.47. The van der Waals surface area contributed by atoms with E-state index in [4.69, 9.17) is 11.6 Å². The average Bonchev–Trinajstić information content (AvgIpc) is 2.59. The number of likely N-dealkylation sites (tertiary alicyclic amines) is 1. The van der Waals surface area contributed by atoms with E-state index in [0.717, 1.165) is 38.2 Å². The van der Waals surface area contributed by atoms with Crippen molar-refractivity contribution in [2.24, 2.45) is 0 Å². The molecule has 1 unspecified atom stereocenters. The summed E-state index contributed by atoms with van der Waals surface area (Å²) in [6.07, 6.45) is 3.96. The molecule has 0 spiro atoms. The Morgan fingerprint density at radius 1 is 1.36 bits per heavy atom. The number of hydrogen-bond donors (Lipinski definition) is 1. The van der Waals surface area contributed by atoms with E-state index in [1.165, 1.54) is 12.1 Å². The van der Waals surface area contributed by atoms with Crippen LogP contribution in [0, 0.1) is 5.82 Å². The number of nitrogens with zero attached hydrogens (tertiary/aromatic N) is 2. The van der Waals surface area contributed by atoms with Crippen LogP contribution in [0.4, 0.5) is 4.39 Å². The number of amides is 1. The van der Waals surface area contributed by atoms with Crippen LogP contribution in [-0.2, 0) is 17.8 Å². The Labute approximate surface area is 152 Å². The number of rotatable bonds is 5. The largest absolute Gasteiger partial charge is 0.352 e. The predicted molar refractivity (Wildman–Crippen MR) is 95.8 cm³/mol. The molecule has 4 nitrogen and oxygen atoms in total. The fourth-order valence-corrected chi connectivity index (χ4v) is 3.39. The van der Waals surface area contributed by atoms with Gasteiger partial charge in [0, 0.05) is 30.4 Å². The number of carbonyl (C=O) groups is 1. The number of halogens is 2. The van der Waals surface area contributed by atoms with Gasteiger partial charge < -0.3 is 5.32 Å². The molecule has 1 aliphatic rings. The van der Waals surface area contributed by atoms with Crippen LogP contribution in [0.15, 0.2) is 42.6 Å². The van der Waals surface area contributed by atoms with Crippen molar-refractivity contribution >= 4 is 17.5 Å². The van der Waals surface area contributed by atoms with Crippen molar-refractivity contribution in [1.29, 1.82) is 0 Å². The molecular formula is C19H21ClFN3O. The minimum absolute atomic E-state index is 0.0850. The molecule has 1 atom stereocenters. The van der Waals surface area contributed by atoms with Crippen molar-refractivity contribution in [2.75, 3.05) is 13.1 Å². The molecule has 2 aromatic rings. The minimum atomic E-state index is -0.397. The lowest BCUT2D eigenvalue weighted by atomic mass is 10.0. The Morgan fingerprint density at radius 2 is 2.24 bits per heavy atom. The first-order valence-corrected chi connectivity index (χ1v) is 8.83. The second-order valence-electron chi connectivity index (χ2n) is 6.38. The van der Waals surface area contributed by atoms with Crippen molar-refractivity contribution in [1.82, 2.24) is 15.2 Å². The van der Waals surface area contributed by atoms with Crippen molar-refractivity contribution in [3.63, 3.8) is 0 Å². The van der Waals surface area contributed by atoms with Crippen LogP contribution in [0.1, 0.15) is 24.1 Å². The summed E-state index contributed by atoms with van der Waals surface area (Å²) < 4.78 is 13.1. The second-order valence-corrected chi connectivity index (χ2v) is 6.78. The summed E-state index contributed by atoms with van der Waals surface area (Å²) >= 11 is 5.99. The number of pyridine rings is 1. The van der Waals surface area contributed by atoms with Gasteiger partial charge in [0.1, 0.15) is 5.82 Å². The van der Waals surface area contributed by atoms with E-state index in [1.807, 2.05) is 18.2 Å². The third kappa shape index (κ3) is 5.25. The predicted octanol–water partition coefficient (Wildman–Crippen LogP) is 3.20. The molecule has 0 radical (unpaired) electrons. The molecule has 1 aliphatic heterocycles. The maximum Gasteiger partial charge on any atom is 0.224 e. The normalized spacial score (nSPS) is 18.1. The highest BCUT2D eigenvalue weighted by Gasteiger charge is 2.22. The maximum atomic E-state index is 13.1. The Hall–Kier alpha value is -1.98. The molecule has 0 aliphatic carbocycles. The molecule has 0 bridgehead atoms. The lowest BCUT2D eigenvalue weighted by Gasteiger charge is -2.33. The second kappa shape index (κ2) is 8.41. The van der Waals surface area contributed by atoms with Crippen molar-refractivity contribution in [2.45, 2.75) is 31.8 Å². The monoisotopic (exact) mass is 361 g/mol. The van der Waals surface area contributed by atoms with E-state index in [2.05, 4.69) is 15.2 Å². The molecule has 25 heavy (non-hydrogen) atoms. The molecule has 1 amide bonds. The van der Waals surface area contributed by atoms with E-state index in [0.29, 0.717) is 5.56 Å². The summed E-state index contributed by atoms with van der Waals surface area (Å²) in [5.41, 5.74) is 1.68. The summed E-state index contributed by atoms with van der Waals surface area (Å²) in [6, 6.07) is 10.1. The SMILES string of the molecule is O=C(Cc1ccc(F)cc1Cl)NC1CCCN(Cc2ccccn2)C1. The summed E-state index contributed by atoms with van der Waals surface area (Å²) in [5.74, 6) is -0.482. The molecule has 0 saturated carbocycles. The first-order valence-electron chi connectivity index (χ1n) is 8.46. The van der Waals surface area contributed by atoms with Crippen LogP contribution in [-0.4, -0.2) is 34.9 Å². The Morgan fingerprint density at radius 3 is 3.00 bits per heavy atom. The van der Waals surface area contributed by atoms with Crippen molar-refractivity contribution in [3.8, 4) is 0 Å². The highest BCUT2D eigenvalue weighted by Crippen LogP contribution is 2.18. The van der Waals surface area contributed by atoms with E-state index in [9.17, 15) is 9.18 Å². The summed E-state index contributed by atoms with van der Waals surface area (Å²) in [6.45, 7) is 2.60. The van der Waals surface area contributed by atoms with Crippen molar-refractivity contribution < 1.29 is 9.18 Å². The van der Waals surface area contributed by atoms with E-state index >= 15 is 0 Å². The maximum absolute atomic E-state index is 13.1. The summed E-state index contributed by atoms with van der Waals surface area (Å²) in [7, 11) is 0. The van der Waals surface area contributed by atoms with E-state index in [-0.39, 0.29) is 23.4 Å². The zero-order valence-corrected chi connectivity index (χ0v) is 14.7. The minimum Gasteiger partial charge on any atom is -0.352 e. The van der Waals surface area contributed by atoms with E-state index < -0.39 is 5.82 Å². The molecule has 1 aromatic heterocycles. The summed E-state index contributed by atoms with van der Waals surface area (Å²) in [5, 5.41) is 3.36. The Balaban J connectivity index is 1.52. The number of piperidine rings is 1. The van der Waals surface area contributed by atoms with Gasteiger partial charge in [0.05, 0.1) is 12.1 Å². The molecule has 1 fully saturated rings. The zero-order valence-electron chi connectivity index (χ0n) is 13.9. The Bertz CT molecular complexity index is 726. The van der Waals surface area contributed by atoms with Gasteiger partial charge in [0.15, 0.2) is 0 Å². The molecular weight excluding hydrogens is 341 g/mol. The van der Waals surface area contributed by atoms with Gasteiger partial charge in [-0.1, -0.05) is 23.7 Å². The highest BCUT2D eigenvalue weighted by atomic mass is 35.5. The smallest absolute Gasteiger partial charge is 0.224 e. The number of carbonyl (C=O) groups excluding carboxylic acids is 1. The van der Waals surface area contributed by atoms with Crippen molar-refractivity contribution in [3.05, 3.63) is 64.7 Å². The quantitative estimate of drug-likeness (QED) is 0.889. The van der Waals surface area contributed by atoms with Gasteiger partial charge in [0.2, 0.25) is 5.91 Å². The van der Waals surface area contributed by atoms with Gasteiger partial charge in [-0.15, -0.1) is 0 Å². The van der Waals surface area contributed by atoms with Crippen LogP contribution in [0.25, 0.3) is 0 Å². The third-order valence-electron chi connectivity index (χ3n) is 4.35. The van der Waals surface area contributed by atoms with Gasteiger partial charge in [-0.25, -0.2) is 4.39 Å². The topological polar surface area (TPSA) is 45.2 Å². The van der Waals surface area contributed by atoms with Crippen LogP contribution < -0.4 is 5.32 Å². The molecule has 3 rings (SSSR count). The molecule has 2 heterocycles. The standard InChI is InChI=1S/C19H21ClFN3O/c20-18-11-15(21)7-6-14(18)10-19(25)23-17-5-3-9-24(13-17)12-16-4-1-2-8-22-16/h1-2,4,6-8,11,17H,3,5,9-10,12-13H2,(H,23,25). The van der Waals surface area contributed by atoms with Gasteiger partial charge in [-0.3, -0.25) is 14.7 Å². The molecule has 1 saturated heterocycles. The average molecular weight is 362 g/mol. The van der Waals surface area contributed by atoms with Crippen LogP contribution in [0.2, 0.25) is 5.02 Å². The number of aromatic nitrogens is 1. The third-order valence-corrected chi connectivity index (χ3v) is 4.70. The lowest BCUT2D eigenvalue weighted by molar-refractivity contribution is -0.121. The van der Waals surface area contributed by atoms with Gasteiger partial charge in [-0.05, 0) is 49.2 Å². The van der Waals surface area contributed by atoms with E-state index in [1.54, 1.807) is 12.3 Å². The molecule has 132 valence electrons. The first kappa shape index (κ1) is 17.8. The Kier molecular flexibility index (Phi) is 6.00. The highest BCUT2D eigenvalue weighted by molar-refractivity contribution is 6.31. The van der Waals surface area contributed by atoms with Gasteiger partial charge in [-0.2, -0.15) is 0 Å². The number of hydrogen-bond acceptors (Lipinski definition) is 3. The van der Waals surface area contributed by atoms with Gasteiger partial charge >= 0.3 is 0 Å². The van der Waals surface area contributed by atoms with Crippen LogP contribution in [0.5, 0.6) is 0 Å². The molecule has 1 aromatic carbocycles. The van der Waals surface area contributed by atoms with Gasteiger partial charge in [0.25, 0.3) is 0 Å².